The fourth-order valence-electron chi connectivity index (χ4n) is 1.50. The molecule has 0 saturated heterocycles. The van der Waals surface area contributed by atoms with Crippen molar-refractivity contribution in [2.45, 2.75) is 13.5 Å². The van der Waals surface area contributed by atoms with Gasteiger partial charge in [0.25, 0.3) is 0 Å². The number of nitrogens with one attached hydrogen (secondary N) is 1. The Kier molecular flexibility index (Phi) is 5.28. The first-order chi connectivity index (χ1) is 10.2. The van der Waals surface area contributed by atoms with Crippen molar-refractivity contribution in [2.75, 3.05) is 12.4 Å². The molecule has 110 valence electrons. The van der Waals surface area contributed by atoms with Crippen LogP contribution in [0, 0.1) is 0 Å². The lowest BCUT2D eigenvalue weighted by molar-refractivity contribution is 0.128. The van der Waals surface area contributed by atoms with Crippen LogP contribution in [0.5, 0.6) is 0 Å². The lowest BCUT2D eigenvalue weighted by Crippen LogP contribution is -2.10. The molecule has 0 spiro atoms. The summed E-state index contributed by atoms with van der Waals surface area (Å²) in [5.41, 5.74) is 2.48. The van der Waals surface area contributed by atoms with E-state index in [0.29, 0.717) is 10.8 Å². The predicted octanol–water partition coefficient (Wildman–Crippen LogP) is 3.26. The topological polar surface area (TPSA) is 72.8 Å². The molecule has 1 aromatic heterocycles. The predicted molar refractivity (Wildman–Crippen MR) is 81.6 cm³/mol. The highest BCUT2D eigenvalue weighted by molar-refractivity contribution is 7.13. The third-order valence-electron chi connectivity index (χ3n) is 2.55. The quantitative estimate of drug-likeness (QED) is 0.679. The van der Waals surface area contributed by atoms with E-state index >= 15 is 0 Å². The van der Waals surface area contributed by atoms with Crippen LogP contribution < -0.4 is 5.32 Å². The fraction of sp³-hybridized carbons (Fsp3) is 0.214. The average molecular weight is 305 g/mol. The molecule has 0 radical (unpaired) electrons. The van der Waals surface area contributed by atoms with E-state index in [0.717, 1.165) is 11.3 Å². The zero-order valence-electron chi connectivity index (χ0n) is 11.7. The van der Waals surface area contributed by atoms with Crippen molar-refractivity contribution in [3.8, 4) is 0 Å². The maximum atomic E-state index is 11.0. The van der Waals surface area contributed by atoms with E-state index < -0.39 is 6.09 Å². The monoisotopic (exact) mass is 305 g/mol. The SMILES string of the molecule is COC(=O)Nc1nc(CO/N=C(/C)c2ccccc2)cs1. The number of carbonyl (C=O) groups is 1. The van der Waals surface area contributed by atoms with Gasteiger partial charge in [0.2, 0.25) is 0 Å². The largest absolute Gasteiger partial charge is 0.453 e. The number of ether oxygens (including phenoxy) is 1. The van der Waals surface area contributed by atoms with E-state index in [-0.39, 0.29) is 6.61 Å². The Labute approximate surface area is 126 Å². The first-order valence-corrected chi connectivity index (χ1v) is 7.08. The molecule has 0 unspecified atom stereocenters. The average Bonchev–Trinajstić information content (AvgIpc) is 2.95. The second-order valence-corrected chi connectivity index (χ2v) is 4.93. The number of hydrogen-bond acceptors (Lipinski definition) is 6. The second kappa shape index (κ2) is 7.39. The van der Waals surface area contributed by atoms with Gasteiger partial charge < -0.3 is 9.57 Å². The van der Waals surface area contributed by atoms with E-state index in [9.17, 15) is 4.79 Å². The summed E-state index contributed by atoms with van der Waals surface area (Å²) < 4.78 is 4.49. The van der Waals surface area contributed by atoms with Gasteiger partial charge in [0.1, 0.15) is 0 Å². The number of oxime groups is 1. The summed E-state index contributed by atoms with van der Waals surface area (Å²) >= 11 is 1.30. The summed E-state index contributed by atoms with van der Waals surface area (Å²) in [6, 6.07) is 9.76. The lowest BCUT2D eigenvalue weighted by Gasteiger charge is -2.01. The van der Waals surface area contributed by atoms with Crippen molar-refractivity contribution in [3.05, 3.63) is 47.0 Å². The molecule has 0 aliphatic rings. The molecule has 1 aromatic carbocycles. The molecule has 0 fully saturated rings. The van der Waals surface area contributed by atoms with E-state index in [2.05, 4.69) is 20.2 Å². The number of anilines is 1. The van der Waals surface area contributed by atoms with Crippen molar-refractivity contribution >= 4 is 28.3 Å². The van der Waals surface area contributed by atoms with Crippen molar-refractivity contribution in [1.29, 1.82) is 0 Å². The third-order valence-corrected chi connectivity index (χ3v) is 3.36. The molecule has 6 nitrogen and oxygen atoms in total. The number of nitrogens with zero attached hydrogens (tertiary/aromatic N) is 2. The number of carbonyl (C=O) groups excluding carboxylic acids is 1. The van der Waals surface area contributed by atoms with Crippen LogP contribution in [-0.2, 0) is 16.2 Å². The Morgan fingerprint density at radius 1 is 1.38 bits per heavy atom. The Hall–Kier alpha value is -2.41. The zero-order chi connectivity index (χ0) is 15.1. The van der Waals surface area contributed by atoms with Gasteiger partial charge in [0.05, 0.1) is 18.5 Å². The first kappa shape index (κ1) is 15.0. The molecule has 2 rings (SSSR count). The number of aromatic nitrogens is 1. The van der Waals surface area contributed by atoms with Gasteiger partial charge in [-0.1, -0.05) is 35.5 Å². The van der Waals surface area contributed by atoms with Crippen LogP contribution in [0.15, 0.2) is 40.9 Å². The molecule has 0 atom stereocenters. The minimum atomic E-state index is -0.547. The van der Waals surface area contributed by atoms with Crippen LogP contribution in [-0.4, -0.2) is 23.9 Å². The summed E-state index contributed by atoms with van der Waals surface area (Å²) in [5, 5.41) is 8.79. The van der Waals surface area contributed by atoms with Crippen LogP contribution in [0.2, 0.25) is 0 Å². The van der Waals surface area contributed by atoms with Crippen LogP contribution in [0.1, 0.15) is 18.2 Å². The van der Waals surface area contributed by atoms with Gasteiger partial charge in [-0.2, -0.15) is 0 Å². The maximum absolute atomic E-state index is 11.0. The summed E-state index contributed by atoms with van der Waals surface area (Å²) in [5.74, 6) is 0. The van der Waals surface area contributed by atoms with E-state index in [1.165, 1.54) is 18.4 Å². The third kappa shape index (κ3) is 4.57. The van der Waals surface area contributed by atoms with Gasteiger partial charge in [-0.3, -0.25) is 5.32 Å². The standard InChI is InChI=1S/C14H15N3O3S/c1-10(11-6-4-3-5-7-11)17-20-8-12-9-21-13(15-12)16-14(18)19-2/h3-7,9H,8H2,1-2H3,(H,15,16,18)/b17-10-. The molecule has 7 heteroatoms. The number of hydrogen-bond donors (Lipinski definition) is 1. The molecule has 0 saturated carbocycles. The molecule has 0 bridgehead atoms. The molecule has 0 aliphatic heterocycles. The Morgan fingerprint density at radius 2 is 2.14 bits per heavy atom. The highest BCUT2D eigenvalue weighted by Crippen LogP contribution is 2.16. The number of rotatable bonds is 5. The number of amides is 1. The molecule has 0 aliphatic carbocycles. The van der Waals surface area contributed by atoms with Crippen LogP contribution >= 0.6 is 11.3 Å². The van der Waals surface area contributed by atoms with Gasteiger partial charge in [0, 0.05) is 5.38 Å². The van der Waals surface area contributed by atoms with Gasteiger partial charge in [-0.25, -0.2) is 9.78 Å². The highest BCUT2D eigenvalue weighted by atomic mass is 32.1. The second-order valence-electron chi connectivity index (χ2n) is 4.08. The Bertz CT molecular complexity index is 625. The smallest absolute Gasteiger partial charge is 0.413 e. The van der Waals surface area contributed by atoms with Crippen molar-refractivity contribution < 1.29 is 14.4 Å². The summed E-state index contributed by atoms with van der Waals surface area (Å²) in [4.78, 5) is 20.5. The molecule has 1 heterocycles. The molecular formula is C14H15N3O3S. The Morgan fingerprint density at radius 3 is 2.86 bits per heavy atom. The van der Waals surface area contributed by atoms with E-state index in [1.807, 2.05) is 37.3 Å². The lowest BCUT2D eigenvalue weighted by atomic mass is 10.1. The summed E-state index contributed by atoms with van der Waals surface area (Å²) in [6.45, 7) is 2.12. The van der Waals surface area contributed by atoms with Crippen molar-refractivity contribution in [3.63, 3.8) is 0 Å². The highest BCUT2D eigenvalue weighted by Gasteiger charge is 2.06. The molecule has 21 heavy (non-hydrogen) atoms. The minimum Gasteiger partial charge on any atom is -0.453 e. The summed E-state index contributed by atoms with van der Waals surface area (Å²) in [7, 11) is 1.30. The van der Waals surface area contributed by atoms with Crippen LogP contribution in [0.3, 0.4) is 0 Å². The normalized spacial score (nSPS) is 11.0. The zero-order valence-corrected chi connectivity index (χ0v) is 12.5. The van der Waals surface area contributed by atoms with Crippen molar-refractivity contribution in [2.24, 2.45) is 5.16 Å². The van der Waals surface area contributed by atoms with Gasteiger partial charge in [-0.15, -0.1) is 11.3 Å². The number of benzene rings is 1. The maximum Gasteiger partial charge on any atom is 0.413 e. The summed E-state index contributed by atoms with van der Waals surface area (Å²) in [6.07, 6.45) is -0.547. The number of methoxy groups -OCH3 is 1. The van der Waals surface area contributed by atoms with Gasteiger partial charge >= 0.3 is 6.09 Å². The molecular weight excluding hydrogens is 290 g/mol. The Balaban J connectivity index is 1.87. The van der Waals surface area contributed by atoms with E-state index in [1.54, 1.807) is 5.38 Å². The van der Waals surface area contributed by atoms with Crippen molar-refractivity contribution in [1.82, 2.24) is 4.98 Å². The van der Waals surface area contributed by atoms with Gasteiger partial charge in [0.15, 0.2) is 11.7 Å². The first-order valence-electron chi connectivity index (χ1n) is 6.20. The van der Waals surface area contributed by atoms with Gasteiger partial charge in [-0.05, 0) is 12.5 Å². The molecule has 1 amide bonds. The molecule has 1 N–H and O–H groups in total. The number of thiazole rings is 1. The van der Waals surface area contributed by atoms with Crippen LogP contribution in [0.25, 0.3) is 0 Å². The fourth-order valence-corrected chi connectivity index (χ4v) is 2.18. The van der Waals surface area contributed by atoms with Crippen LogP contribution in [0.4, 0.5) is 9.93 Å². The minimum absolute atomic E-state index is 0.240. The molecule has 2 aromatic rings. The van der Waals surface area contributed by atoms with E-state index in [4.69, 9.17) is 4.84 Å².